The van der Waals surface area contributed by atoms with Crippen molar-refractivity contribution in [2.75, 3.05) is 25.5 Å². The van der Waals surface area contributed by atoms with Crippen molar-refractivity contribution in [2.45, 2.75) is 31.8 Å². The maximum atomic E-state index is 5.37. The number of rotatable bonds is 3. The summed E-state index contributed by atoms with van der Waals surface area (Å²) in [6.07, 6.45) is 3.38. The summed E-state index contributed by atoms with van der Waals surface area (Å²) in [5.41, 5.74) is 7.12. The van der Waals surface area contributed by atoms with Gasteiger partial charge < -0.3 is 19.9 Å². The maximum Gasteiger partial charge on any atom is 0.120 e. The van der Waals surface area contributed by atoms with Gasteiger partial charge >= 0.3 is 0 Å². The van der Waals surface area contributed by atoms with E-state index in [0.717, 1.165) is 50.3 Å². The Morgan fingerprint density at radius 3 is 2.92 bits per heavy atom. The fourth-order valence-corrected chi connectivity index (χ4v) is 4.68. The van der Waals surface area contributed by atoms with E-state index in [0.29, 0.717) is 6.04 Å². The van der Waals surface area contributed by atoms with E-state index in [2.05, 4.69) is 45.5 Å². The Labute approximate surface area is 154 Å². The zero-order valence-corrected chi connectivity index (χ0v) is 15.2. The fourth-order valence-electron chi connectivity index (χ4n) is 4.68. The topological polar surface area (TPSA) is 38.2 Å². The summed E-state index contributed by atoms with van der Waals surface area (Å²) in [6, 6.07) is 15.4. The fraction of sp³-hybridized carbons (Fsp3) is 0.364. The van der Waals surface area contributed by atoms with Crippen molar-refractivity contribution in [3.05, 3.63) is 59.3 Å². The second-order valence-electron chi connectivity index (χ2n) is 7.29. The quantitative estimate of drug-likeness (QED) is 0.755. The zero-order valence-electron chi connectivity index (χ0n) is 15.2. The third-order valence-electron chi connectivity index (χ3n) is 5.85. The van der Waals surface area contributed by atoms with E-state index < -0.39 is 0 Å². The Kier molecular flexibility index (Phi) is 3.86. The lowest BCUT2D eigenvalue weighted by Crippen LogP contribution is -2.21. The molecular weight excluding hydrogens is 322 g/mol. The summed E-state index contributed by atoms with van der Waals surface area (Å²) in [7, 11) is 1.72. The van der Waals surface area contributed by atoms with Crippen LogP contribution in [0.5, 0.6) is 5.75 Å². The second-order valence-corrected chi connectivity index (χ2v) is 7.29. The zero-order chi connectivity index (χ0) is 17.5. The smallest absolute Gasteiger partial charge is 0.120 e. The van der Waals surface area contributed by atoms with Crippen molar-refractivity contribution in [2.24, 2.45) is 0 Å². The number of hydrogen-bond donors (Lipinski definition) is 2. The molecule has 1 atom stereocenters. The van der Waals surface area contributed by atoms with Gasteiger partial charge in [-0.25, -0.2) is 0 Å². The van der Waals surface area contributed by atoms with Gasteiger partial charge in [0, 0.05) is 42.3 Å². The number of ether oxygens (including phenoxy) is 1. The molecule has 134 valence electrons. The molecule has 4 heteroatoms. The number of hydrogen-bond acceptors (Lipinski definition) is 3. The minimum atomic E-state index is 0.343. The number of benzene rings is 2. The molecule has 26 heavy (non-hydrogen) atoms. The minimum Gasteiger partial charge on any atom is -0.497 e. The molecule has 0 spiro atoms. The standard InChI is InChI=1S/C22H25N3O/c1-26-16-5-2-4-15(14-16)24-20-10-13-25-21-9-12-23-11-8-17(21)18-6-3-7-19(20)22(18)25/h2-7,14,20,23-24H,8-13H2,1H3. The van der Waals surface area contributed by atoms with Crippen LogP contribution in [0.4, 0.5) is 5.69 Å². The van der Waals surface area contributed by atoms with Crippen LogP contribution in [-0.2, 0) is 19.4 Å². The Morgan fingerprint density at radius 1 is 1.12 bits per heavy atom. The number of anilines is 1. The molecular formula is C22H25N3O. The van der Waals surface area contributed by atoms with Gasteiger partial charge in [0.1, 0.15) is 5.75 Å². The molecule has 2 N–H and O–H groups in total. The molecule has 4 nitrogen and oxygen atoms in total. The summed E-state index contributed by atoms with van der Waals surface area (Å²) in [6.45, 7) is 3.26. The Hall–Kier alpha value is -2.46. The molecule has 2 aliphatic rings. The summed E-state index contributed by atoms with van der Waals surface area (Å²) < 4.78 is 7.97. The highest BCUT2D eigenvalue weighted by atomic mass is 16.5. The summed E-state index contributed by atoms with van der Waals surface area (Å²) in [5.74, 6) is 0.895. The first-order valence-corrected chi connectivity index (χ1v) is 9.59. The van der Waals surface area contributed by atoms with E-state index in [1.54, 1.807) is 18.4 Å². The first kappa shape index (κ1) is 15.8. The SMILES string of the molecule is COc1cccc(NC2CCn3c4c(c5cccc2c53)CCNCC4)c1. The highest BCUT2D eigenvalue weighted by molar-refractivity contribution is 5.89. The highest BCUT2D eigenvalue weighted by Gasteiger charge is 2.27. The Morgan fingerprint density at radius 2 is 2.00 bits per heavy atom. The van der Waals surface area contributed by atoms with Crippen LogP contribution in [0.2, 0.25) is 0 Å². The normalized spacial score (nSPS) is 19.0. The van der Waals surface area contributed by atoms with Gasteiger partial charge in [0.2, 0.25) is 0 Å². The van der Waals surface area contributed by atoms with Crippen LogP contribution >= 0.6 is 0 Å². The van der Waals surface area contributed by atoms with Crippen LogP contribution in [0.15, 0.2) is 42.5 Å². The van der Waals surface area contributed by atoms with E-state index in [1.165, 1.54) is 16.5 Å². The van der Waals surface area contributed by atoms with Gasteiger partial charge in [0.05, 0.1) is 18.7 Å². The number of aromatic nitrogens is 1. The van der Waals surface area contributed by atoms with Crippen LogP contribution in [0.25, 0.3) is 10.9 Å². The Balaban J connectivity index is 1.58. The molecule has 5 rings (SSSR count). The number of fused-ring (bicyclic) bond motifs is 3. The van der Waals surface area contributed by atoms with Gasteiger partial charge in [0.15, 0.2) is 0 Å². The summed E-state index contributed by atoms with van der Waals surface area (Å²) in [5, 5.41) is 8.74. The van der Waals surface area contributed by atoms with Crippen molar-refractivity contribution in [1.29, 1.82) is 0 Å². The van der Waals surface area contributed by atoms with Gasteiger partial charge in [-0.3, -0.25) is 0 Å². The van der Waals surface area contributed by atoms with Crippen LogP contribution in [-0.4, -0.2) is 24.8 Å². The predicted octanol–water partition coefficient (Wildman–Crippen LogP) is 3.90. The molecule has 0 amide bonds. The second kappa shape index (κ2) is 6.36. The third-order valence-corrected chi connectivity index (χ3v) is 5.85. The molecule has 3 heterocycles. The largest absolute Gasteiger partial charge is 0.497 e. The predicted molar refractivity (Wildman–Crippen MR) is 106 cm³/mol. The molecule has 0 saturated carbocycles. The molecule has 0 aliphatic carbocycles. The van der Waals surface area contributed by atoms with E-state index in [-0.39, 0.29) is 0 Å². The highest BCUT2D eigenvalue weighted by Crippen LogP contribution is 2.39. The van der Waals surface area contributed by atoms with E-state index in [4.69, 9.17) is 4.74 Å². The van der Waals surface area contributed by atoms with Gasteiger partial charge in [-0.1, -0.05) is 24.3 Å². The van der Waals surface area contributed by atoms with Crippen molar-refractivity contribution >= 4 is 16.6 Å². The van der Waals surface area contributed by atoms with Gasteiger partial charge in [0.25, 0.3) is 0 Å². The lowest BCUT2D eigenvalue weighted by molar-refractivity contribution is 0.415. The number of para-hydroxylation sites is 1. The van der Waals surface area contributed by atoms with Crippen molar-refractivity contribution in [3.63, 3.8) is 0 Å². The molecule has 0 saturated heterocycles. The van der Waals surface area contributed by atoms with Crippen LogP contribution < -0.4 is 15.4 Å². The molecule has 0 bridgehead atoms. The number of aryl methyl sites for hydroxylation is 1. The lowest BCUT2D eigenvalue weighted by Gasteiger charge is -2.28. The van der Waals surface area contributed by atoms with Gasteiger partial charge in [-0.05, 0) is 42.6 Å². The molecule has 0 fully saturated rings. The molecule has 2 aromatic carbocycles. The first-order chi connectivity index (χ1) is 12.8. The van der Waals surface area contributed by atoms with E-state index in [9.17, 15) is 0 Å². The molecule has 0 radical (unpaired) electrons. The van der Waals surface area contributed by atoms with Crippen molar-refractivity contribution in [1.82, 2.24) is 9.88 Å². The average molecular weight is 347 g/mol. The van der Waals surface area contributed by atoms with E-state index >= 15 is 0 Å². The third kappa shape index (κ3) is 2.48. The Bertz CT molecular complexity index is 959. The van der Waals surface area contributed by atoms with Crippen molar-refractivity contribution in [3.8, 4) is 5.75 Å². The van der Waals surface area contributed by atoms with Crippen LogP contribution in [0, 0.1) is 0 Å². The minimum absolute atomic E-state index is 0.343. The number of nitrogens with zero attached hydrogens (tertiary/aromatic N) is 1. The molecule has 2 aliphatic heterocycles. The maximum absolute atomic E-state index is 5.37. The van der Waals surface area contributed by atoms with Crippen LogP contribution in [0.3, 0.4) is 0 Å². The lowest BCUT2D eigenvalue weighted by atomic mass is 9.96. The van der Waals surface area contributed by atoms with E-state index in [1.807, 2.05) is 12.1 Å². The summed E-state index contributed by atoms with van der Waals surface area (Å²) >= 11 is 0. The van der Waals surface area contributed by atoms with Crippen LogP contribution in [0.1, 0.15) is 29.3 Å². The monoisotopic (exact) mass is 347 g/mol. The number of methoxy groups -OCH3 is 1. The van der Waals surface area contributed by atoms with Gasteiger partial charge in [-0.15, -0.1) is 0 Å². The molecule has 3 aromatic rings. The first-order valence-electron chi connectivity index (χ1n) is 9.59. The number of nitrogens with one attached hydrogen (secondary N) is 2. The average Bonchev–Trinajstić information content (AvgIpc) is 2.84. The summed E-state index contributed by atoms with van der Waals surface area (Å²) in [4.78, 5) is 0. The molecule has 1 unspecified atom stereocenters. The van der Waals surface area contributed by atoms with Crippen molar-refractivity contribution < 1.29 is 4.74 Å². The molecule has 1 aromatic heterocycles. The van der Waals surface area contributed by atoms with Gasteiger partial charge in [-0.2, -0.15) is 0 Å².